The summed E-state index contributed by atoms with van der Waals surface area (Å²) in [5.74, 6) is -1.04. The normalized spacial score (nSPS) is 12.7. The van der Waals surface area contributed by atoms with Gasteiger partial charge < -0.3 is 5.11 Å². The third-order valence-electron chi connectivity index (χ3n) is 3.15. The predicted molar refractivity (Wildman–Crippen MR) is 73.5 cm³/mol. The molecule has 0 spiro atoms. The number of benzene rings is 1. The number of carboxylic acid groups (broad SMARTS) is 1. The summed E-state index contributed by atoms with van der Waals surface area (Å²) in [7, 11) is 0. The van der Waals surface area contributed by atoms with Gasteiger partial charge in [0.05, 0.1) is 5.92 Å². The molecule has 0 saturated heterocycles. The zero-order valence-corrected chi connectivity index (χ0v) is 11.5. The molecule has 1 rings (SSSR count). The van der Waals surface area contributed by atoms with E-state index in [1.54, 1.807) is 6.92 Å². The molecule has 0 aliphatic rings. The summed E-state index contributed by atoms with van der Waals surface area (Å²) in [4.78, 5) is 13.2. The van der Waals surface area contributed by atoms with Gasteiger partial charge in [0.2, 0.25) is 0 Å². The average molecular weight is 249 g/mol. The van der Waals surface area contributed by atoms with Crippen molar-refractivity contribution in [3.63, 3.8) is 0 Å². The van der Waals surface area contributed by atoms with E-state index >= 15 is 0 Å². The monoisotopic (exact) mass is 249 g/mol. The molecule has 1 aromatic rings. The minimum Gasteiger partial charge on any atom is -0.481 e. The molecule has 1 unspecified atom stereocenters. The molecule has 3 nitrogen and oxygen atoms in total. The lowest BCUT2D eigenvalue weighted by molar-refractivity contribution is -0.141. The minimum absolute atomic E-state index is 0.319. The van der Waals surface area contributed by atoms with Gasteiger partial charge in [0.25, 0.3) is 0 Å². The van der Waals surface area contributed by atoms with Crippen molar-refractivity contribution in [3.8, 4) is 0 Å². The van der Waals surface area contributed by atoms with Gasteiger partial charge in [0.15, 0.2) is 0 Å². The van der Waals surface area contributed by atoms with Crippen LogP contribution in [0.2, 0.25) is 0 Å². The molecule has 3 heteroatoms. The zero-order valence-electron chi connectivity index (χ0n) is 11.5. The van der Waals surface area contributed by atoms with Crippen LogP contribution >= 0.6 is 0 Å². The molecule has 0 bridgehead atoms. The molecule has 0 saturated carbocycles. The van der Waals surface area contributed by atoms with E-state index < -0.39 is 5.97 Å². The van der Waals surface area contributed by atoms with E-state index in [1.165, 1.54) is 11.1 Å². The van der Waals surface area contributed by atoms with Crippen LogP contribution in [0, 0.1) is 12.8 Å². The summed E-state index contributed by atoms with van der Waals surface area (Å²) < 4.78 is 0. The van der Waals surface area contributed by atoms with Gasteiger partial charge in [-0.05, 0) is 31.0 Å². The van der Waals surface area contributed by atoms with Gasteiger partial charge in [-0.25, -0.2) is 0 Å². The topological polar surface area (TPSA) is 40.5 Å². The van der Waals surface area contributed by atoms with Crippen molar-refractivity contribution in [1.29, 1.82) is 0 Å². The Balaban J connectivity index is 2.68. The third-order valence-corrected chi connectivity index (χ3v) is 3.15. The van der Waals surface area contributed by atoms with E-state index in [0.717, 1.165) is 19.5 Å². The number of hydrogen-bond donors (Lipinski definition) is 1. The highest BCUT2D eigenvalue weighted by Gasteiger charge is 2.16. The van der Waals surface area contributed by atoms with Crippen molar-refractivity contribution in [2.45, 2.75) is 33.7 Å². The van der Waals surface area contributed by atoms with E-state index in [9.17, 15) is 4.79 Å². The molecule has 100 valence electrons. The maximum Gasteiger partial charge on any atom is 0.307 e. The summed E-state index contributed by atoms with van der Waals surface area (Å²) in [5, 5.41) is 8.99. The Kier molecular flexibility index (Phi) is 5.86. The molecule has 0 aromatic heterocycles. The molecular formula is C15H23NO2. The molecule has 1 atom stereocenters. The fraction of sp³-hybridized carbons (Fsp3) is 0.533. The maximum atomic E-state index is 10.9. The van der Waals surface area contributed by atoms with E-state index in [4.69, 9.17) is 5.11 Å². The van der Waals surface area contributed by atoms with Gasteiger partial charge in [0.1, 0.15) is 0 Å². The number of rotatable bonds is 7. The number of aryl methyl sites for hydroxylation is 1. The number of carbonyl (C=O) groups is 1. The molecule has 0 aliphatic heterocycles. The lowest BCUT2D eigenvalue weighted by Crippen LogP contribution is -2.32. The molecule has 0 fully saturated rings. The summed E-state index contributed by atoms with van der Waals surface area (Å²) in [6.07, 6.45) is 1.04. The van der Waals surface area contributed by atoms with Crippen molar-refractivity contribution in [2.24, 2.45) is 5.92 Å². The van der Waals surface area contributed by atoms with Crippen LogP contribution in [0.25, 0.3) is 0 Å². The molecule has 0 heterocycles. The highest BCUT2D eigenvalue weighted by molar-refractivity contribution is 5.69. The van der Waals surface area contributed by atoms with Crippen LogP contribution in [0.3, 0.4) is 0 Å². The molecule has 0 aliphatic carbocycles. The Hall–Kier alpha value is -1.35. The van der Waals surface area contributed by atoms with Gasteiger partial charge in [0, 0.05) is 13.1 Å². The van der Waals surface area contributed by atoms with Crippen molar-refractivity contribution >= 4 is 5.97 Å². The number of carboxylic acids is 1. The first kappa shape index (κ1) is 14.7. The molecular weight excluding hydrogens is 226 g/mol. The van der Waals surface area contributed by atoms with Crippen molar-refractivity contribution in [3.05, 3.63) is 35.4 Å². The first-order valence-corrected chi connectivity index (χ1v) is 6.54. The van der Waals surface area contributed by atoms with Crippen LogP contribution in [0.1, 0.15) is 31.4 Å². The fourth-order valence-electron chi connectivity index (χ4n) is 2.04. The number of aliphatic carboxylic acids is 1. The molecule has 1 N–H and O–H groups in total. The largest absolute Gasteiger partial charge is 0.481 e. The molecule has 18 heavy (non-hydrogen) atoms. The second-order valence-electron chi connectivity index (χ2n) is 4.90. The smallest absolute Gasteiger partial charge is 0.307 e. The van der Waals surface area contributed by atoms with E-state index in [-0.39, 0.29) is 5.92 Å². The van der Waals surface area contributed by atoms with Crippen LogP contribution in [-0.4, -0.2) is 29.1 Å². The third kappa shape index (κ3) is 4.49. The summed E-state index contributed by atoms with van der Waals surface area (Å²) in [6, 6.07) is 8.28. The van der Waals surface area contributed by atoms with E-state index in [2.05, 4.69) is 30.9 Å². The van der Waals surface area contributed by atoms with Crippen LogP contribution in [0.15, 0.2) is 24.3 Å². The Bertz CT molecular complexity index is 390. The second kappa shape index (κ2) is 7.17. The van der Waals surface area contributed by atoms with Gasteiger partial charge in [-0.3, -0.25) is 9.69 Å². The Morgan fingerprint density at radius 3 is 2.61 bits per heavy atom. The minimum atomic E-state index is -0.721. The Morgan fingerprint density at radius 2 is 2.06 bits per heavy atom. The summed E-state index contributed by atoms with van der Waals surface area (Å²) >= 11 is 0. The molecule has 0 amide bonds. The molecule has 0 radical (unpaired) electrons. The lowest BCUT2D eigenvalue weighted by atomic mass is 10.1. The highest BCUT2D eigenvalue weighted by atomic mass is 16.4. The summed E-state index contributed by atoms with van der Waals surface area (Å²) in [6.45, 7) is 8.36. The number of nitrogens with zero attached hydrogens (tertiary/aromatic N) is 1. The van der Waals surface area contributed by atoms with Crippen molar-refractivity contribution in [1.82, 2.24) is 4.90 Å². The standard InChI is InChI=1S/C15H23NO2/c1-4-9-16(10-13(3)15(17)18)11-14-8-6-5-7-12(14)2/h5-8,13H,4,9-11H2,1-3H3,(H,17,18). The van der Waals surface area contributed by atoms with Gasteiger partial charge in [-0.1, -0.05) is 38.1 Å². The van der Waals surface area contributed by atoms with Crippen molar-refractivity contribution in [2.75, 3.05) is 13.1 Å². The van der Waals surface area contributed by atoms with Crippen LogP contribution in [-0.2, 0) is 11.3 Å². The predicted octanol–water partition coefficient (Wildman–Crippen LogP) is 2.93. The lowest BCUT2D eigenvalue weighted by Gasteiger charge is -2.24. The quantitative estimate of drug-likeness (QED) is 0.807. The van der Waals surface area contributed by atoms with Crippen LogP contribution in [0.5, 0.6) is 0 Å². The van der Waals surface area contributed by atoms with Crippen LogP contribution in [0.4, 0.5) is 0 Å². The Labute approximate surface area is 109 Å². The van der Waals surface area contributed by atoms with Gasteiger partial charge in [-0.2, -0.15) is 0 Å². The van der Waals surface area contributed by atoms with E-state index in [1.807, 2.05) is 12.1 Å². The first-order valence-electron chi connectivity index (χ1n) is 6.54. The van der Waals surface area contributed by atoms with Gasteiger partial charge in [-0.15, -0.1) is 0 Å². The van der Waals surface area contributed by atoms with Gasteiger partial charge >= 0.3 is 5.97 Å². The highest BCUT2D eigenvalue weighted by Crippen LogP contribution is 2.12. The second-order valence-corrected chi connectivity index (χ2v) is 4.90. The summed E-state index contributed by atoms with van der Waals surface area (Å²) in [5.41, 5.74) is 2.55. The maximum absolute atomic E-state index is 10.9. The Morgan fingerprint density at radius 1 is 1.39 bits per heavy atom. The molecule has 1 aromatic carbocycles. The van der Waals surface area contributed by atoms with Crippen LogP contribution < -0.4 is 0 Å². The SMILES string of the molecule is CCCN(Cc1ccccc1C)CC(C)C(=O)O. The fourth-order valence-corrected chi connectivity index (χ4v) is 2.04. The van der Waals surface area contributed by atoms with Crippen molar-refractivity contribution < 1.29 is 9.90 Å². The average Bonchev–Trinajstić information content (AvgIpc) is 2.32. The number of hydrogen-bond acceptors (Lipinski definition) is 2. The zero-order chi connectivity index (χ0) is 13.5. The first-order chi connectivity index (χ1) is 8.54. The van der Waals surface area contributed by atoms with E-state index in [0.29, 0.717) is 6.54 Å².